The molecule has 0 aliphatic carbocycles. The molecule has 1 atom stereocenters. The minimum absolute atomic E-state index is 0.0205. The summed E-state index contributed by atoms with van der Waals surface area (Å²) < 4.78 is 5.00. The zero-order chi connectivity index (χ0) is 37.5. The van der Waals surface area contributed by atoms with Gasteiger partial charge >= 0.3 is 11.9 Å². The zero-order valence-electron chi connectivity index (χ0n) is 34.1. The van der Waals surface area contributed by atoms with Crippen molar-refractivity contribution in [1.29, 1.82) is 0 Å². The van der Waals surface area contributed by atoms with Gasteiger partial charge in [-0.2, -0.15) is 0 Å². The molecule has 1 N–H and O–H groups in total. The Balaban J connectivity index is 4.30. The lowest BCUT2D eigenvalue weighted by Crippen LogP contribution is -2.35. The van der Waals surface area contributed by atoms with Crippen molar-refractivity contribution in [3.05, 3.63) is 12.7 Å². The largest absolute Gasteiger partial charge is 0.481 e. The van der Waals surface area contributed by atoms with Crippen LogP contribution in [-0.4, -0.2) is 47.5 Å². The molecule has 0 radical (unpaired) electrons. The van der Waals surface area contributed by atoms with E-state index in [0.717, 1.165) is 31.8 Å². The van der Waals surface area contributed by atoms with Crippen LogP contribution < -0.4 is 0 Å². The highest BCUT2D eigenvalue weighted by Crippen LogP contribution is 2.18. The molecule has 6 heteroatoms. The SMILES string of the molecule is C=CC(=O)OCCC(CC(=O)N(CCCCCCCCCCCCCCCCCC)CCCCCCCCCCCCCCCCCC)C(=O)O. The second-order valence-corrected chi connectivity index (χ2v) is 15.4. The van der Waals surface area contributed by atoms with Gasteiger partial charge in [0.25, 0.3) is 0 Å². The summed E-state index contributed by atoms with van der Waals surface area (Å²) in [5.41, 5.74) is 0. The number of nitrogens with zero attached hydrogens (tertiary/aromatic N) is 1. The fourth-order valence-corrected chi connectivity index (χ4v) is 7.08. The van der Waals surface area contributed by atoms with Gasteiger partial charge in [0.05, 0.1) is 12.5 Å². The van der Waals surface area contributed by atoms with E-state index in [4.69, 9.17) is 4.74 Å². The van der Waals surface area contributed by atoms with Crippen molar-refractivity contribution >= 4 is 17.8 Å². The number of aliphatic carboxylic acids is 1. The minimum atomic E-state index is -1.01. The van der Waals surface area contributed by atoms with Crippen LogP contribution in [0.25, 0.3) is 0 Å². The molecule has 0 fully saturated rings. The number of unbranched alkanes of at least 4 members (excludes halogenated alkanes) is 30. The van der Waals surface area contributed by atoms with Crippen LogP contribution >= 0.6 is 0 Å². The fraction of sp³-hybridized carbons (Fsp3) is 0.889. The number of carbonyl (C=O) groups excluding carboxylic acids is 2. The van der Waals surface area contributed by atoms with Crippen molar-refractivity contribution in [2.75, 3.05) is 19.7 Å². The summed E-state index contributed by atoms with van der Waals surface area (Å²) >= 11 is 0. The van der Waals surface area contributed by atoms with Crippen molar-refractivity contribution in [1.82, 2.24) is 4.90 Å². The van der Waals surface area contributed by atoms with Crippen LogP contribution in [0, 0.1) is 5.92 Å². The van der Waals surface area contributed by atoms with Crippen LogP contribution in [0.5, 0.6) is 0 Å². The standard InChI is InChI=1S/C45H85NO5/c1-4-7-9-11-13-15-17-19-21-23-25-27-29-31-33-35-38-46(43(47)41-42(45(49)50)37-40-51-44(48)6-3)39-36-34-32-30-28-26-24-22-20-18-16-14-12-10-8-5-2/h6,42H,3-5,7-41H2,1-2H3,(H,49,50). The van der Waals surface area contributed by atoms with Crippen molar-refractivity contribution in [3.8, 4) is 0 Å². The molecule has 0 aromatic rings. The van der Waals surface area contributed by atoms with Crippen molar-refractivity contribution in [2.45, 2.75) is 232 Å². The van der Waals surface area contributed by atoms with Gasteiger partial charge in [0.2, 0.25) is 5.91 Å². The minimum Gasteiger partial charge on any atom is -0.481 e. The molecule has 0 rings (SSSR count). The first kappa shape index (κ1) is 49.1. The lowest BCUT2D eigenvalue weighted by atomic mass is 10.0. The van der Waals surface area contributed by atoms with E-state index in [0.29, 0.717) is 13.1 Å². The number of carboxylic acid groups (broad SMARTS) is 1. The molecule has 0 bridgehead atoms. The van der Waals surface area contributed by atoms with Gasteiger partial charge in [-0.3, -0.25) is 9.59 Å². The fourth-order valence-electron chi connectivity index (χ4n) is 7.08. The molecule has 1 amide bonds. The van der Waals surface area contributed by atoms with E-state index in [1.165, 1.54) is 180 Å². The molecule has 0 aromatic carbocycles. The summed E-state index contributed by atoms with van der Waals surface area (Å²) in [5.74, 6) is -2.52. The maximum Gasteiger partial charge on any atom is 0.330 e. The first-order chi connectivity index (χ1) is 25.0. The summed E-state index contributed by atoms with van der Waals surface area (Å²) in [7, 11) is 0. The van der Waals surface area contributed by atoms with Crippen LogP contribution in [0.15, 0.2) is 12.7 Å². The van der Waals surface area contributed by atoms with E-state index >= 15 is 0 Å². The van der Waals surface area contributed by atoms with Crippen LogP contribution in [0.3, 0.4) is 0 Å². The molecule has 6 nitrogen and oxygen atoms in total. The number of carboxylic acids is 1. The van der Waals surface area contributed by atoms with Crippen LogP contribution in [0.4, 0.5) is 0 Å². The lowest BCUT2D eigenvalue weighted by Gasteiger charge is -2.24. The third kappa shape index (κ3) is 35.0. The monoisotopic (exact) mass is 720 g/mol. The van der Waals surface area contributed by atoms with E-state index in [1.807, 2.05) is 4.90 Å². The average molecular weight is 720 g/mol. The first-order valence-electron chi connectivity index (χ1n) is 22.3. The van der Waals surface area contributed by atoms with Crippen LogP contribution in [-0.2, 0) is 19.1 Å². The molecule has 0 spiro atoms. The molecule has 1 unspecified atom stereocenters. The molecule has 0 aromatic heterocycles. The summed E-state index contributed by atoms with van der Waals surface area (Å²) in [6.07, 6.45) is 43.3. The predicted molar refractivity (Wildman–Crippen MR) is 217 cm³/mol. The molecule has 300 valence electrons. The summed E-state index contributed by atoms with van der Waals surface area (Å²) in [4.78, 5) is 38.5. The predicted octanol–water partition coefficient (Wildman–Crippen LogP) is 13.5. The number of carbonyl (C=O) groups is 3. The third-order valence-corrected chi connectivity index (χ3v) is 10.6. The average Bonchev–Trinajstić information content (AvgIpc) is 3.12. The first-order valence-corrected chi connectivity index (χ1v) is 22.3. The smallest absolute Gasteiger partial charge is 0.330 e. The van der Waals surface area contributed by atoms with E-state index in [2.05, 4.69) is 20.4 Å². The number of hydrogen-bond donors (Lipinski definition) is 1. The number of esters is 1. The number of ether oxygens (including phenoxy) is 1. The van der Waals surface area contributed by atoms with E-state index in [9.17, 15) is 19.5 Å². The maximum absolute atomic E-state index is 13.3. The Kier molecular flexibility index (Phi) is 37.9. The van der Waals surface area contributed by atoms with Gasteiger partial charge in [-0.1, -0.05) is 213 Å². The van der Waals surface area contributed by atoms with E-state index in [1.54, 1.807) is 0 Å². The van der Waals surface area contributed by atoms with Gasteiger partial charge < -0.3 is 14.7 Å². The molecule has 0 heterocycles. The Morgan fingerprint density at radius 1 is 0.529 bits per heavy atom. The molecule has 0 saturated heterocycles. The number of hydrogen-bond acceptors (Lipinski definition) is 4. The molecular weight excluding hydrogens is 634 g/mol. The van der Waals surface area contributed by atoms with Gasteiger partial charge in [0.15, 0.2) is 0 Å². The Bertz CT molecular complexity index is 763. The Labute approximate surface area is 316 Å². The summed E-state index contributed by atoms with van der Waals surface area (Å²) in [5, 5.41) is 9.74. The van der Waals surface area contributed by atoms with Crippen LogP contribution in [0.1, 0.15) is 232 Å². The second kappa shape index (κ2) is 39.4. The molecule has 0 aliphatic rings. The van der Waals surface area contributed by atoms with Gasteiger partial charge in [-0.25, -0.2) is 4.79 Å². The van der Waals surface area contributed by atoms with Gasteiger partial charge in [-0.05, 0) is 19.3 Å². The van der Waals surface area contributed by atoms with Crippen molar-refractivity contribution in [3.63, 3.8) is 0 Å². The Morgan fingerprint density at radius 3 is 1.10 bits per heavy atom. The number of amides is 1. The normalized spacial score (nSPS) is 11.8. The maximum atomic E-state index is 13.3. The topological polar surface area (TPSA) is 83.9 Å². The molecule has 0 saturated carbocycles. The Hall–Kier alpha value is -1.85. The quantitative estimate of drug-likeness (QED) is 0.0386. The highest BCUT2D eigenvalue weighted by atomic mass is 16.5. The summed E-state index contributed by atoms with van der Waals surface area (Å²) in [6.45, 7) is 9.31. The second-order valence-electron chi connectivity index (χ2n) is 15.4. The molecular formula is C45H85NO5. The van der Waals surface area contributed by atoms with Gasteiger partial charge in [0, 0.05) is 25.6 Å². The van der Waals surface area contributed by atoms with E-state index in [-0.39, 0.29) is 25.4 Å². The van der Waals surface area contributed by atoms with Gasteiger partial charge in [-0.15, -0.1) is 0 Å². The van der Waals surface area contributed by atoms with E-state index < -0.39 is 17.9 Å². The van der Waals surface area contributed by atoms with Crippen molar-refractivity contribution in [2.24, 2.45) is 5.92 Å². The molecule has 51 heavy (non-hydrogen) atoms. The Morgan fingerprint density at radius 2 is 0.824 bits per heavy atom. The molecule has 0 aliphatic heterocycles. The third-order valence-electron chi connectivity index (χ3n) is 10.6. The lowest BCUT2D eigenvalue weighted by molar-refractivity contribution is -0.148. The van der Waals surface area contributed by atoms with Gasteiger partial charge in [0.1, 0.15) is 0 Å². The highest BCUT2D eigenvalue weighted by molar-refractivity contribution is 5.82. The zero-order valence-corrected chi connectivity index (χ0v) is 34.1. The number of rotatable bonds is 41. The highest BCUT2D eigenvalue weighted by Gasteiger charge is 2.24. The summed E-state index contributed by atoms with van der Waals surface area (Å²) in [6, 6.07) is 0. The van der Waals surface area contributed by atoms with Crippen molar-refractivity contribution < 1.29 is 24.2 Å². The van der Waals surface area contributed by atoms with Crippen LogP contribution in [0.2, 0.25) is 0 Å².